The van der Waals surface area contributed by atoms with E-state index in [9.17, 15) is 4.79 Å². The number of anilines is 2. The Bertz CT molecular complexity index is 872. The lowest BCUT2D eigenvalue weighted by molar-refractivity contribution is -0.118. The highest BCUT2D eigenvalue weighted by Gasteiger charge is 2.22. The molecular formula is C16H17N5OS. The van der Waals surface area contributed by atoms with Crippen LogP contribution in [0.15, 0.2) is 30.6 Å². The number of nitrogen functional groups attached to an aromatic ring is 2. The van der Waals surface area contributed by atoms with Gasteiger partial charge < -0.3 is 17.2 Å². The van der Waals surface area contributed by atoms with Crippen molar-refractivity contribution in [1.82, 2.24) is 9.97 Å². The van der Waals surface area contributed by atoms with E-state index in [4.69, 9.17) is 17.2 Å². The normalized spacial score (nSPS) is 12.4. The minimum Gasteiger partial charge on any atom is -0.399 e. The number of nitrogens with zero attached hydrogens (tertiary/aromatic N) is 2. The first-order valence-electron chi connectivity index (χ1n) is 7.14. The summed E-state index contributed by atoms with van der Waals surface area (Å²) in [6.07, 6.45) is 1.71. The molecule has 2 heterocycles. The largest absolute Gasteiger partial charge is 0.399 e. The fourth-order valence-corrected chi connectivity index (χ4v) is 3.87. The van der Waals surface area contributed by atoms with Crippen LogP contribution in [0.3, 0.4) is 0 Å². The third kappa shape index (κ3) is 2.83. The summed E-state index contributed by atoms with van der Waals surface area (Å²) in [7, 11) is 0. The second kappa shape index (κ2) is 5.85. The zero-order valence-corrected chi connectivity index (χ0v) is 13.4. The van der Waals surface area contributed by atoms with Crippen molar-refractivity contribution in [2.24, 2.45) is 5.73 Å². The highest BCUT2D eigenvalue weighted by atomic mass is 32.1. The molecule has 6 nitrogen and oxygen atoms in total. The fraction of sp³-hybridized carbons (Fsp3) is 0.188. The molecule has 1 atom stereocenters. The van der Waals surface area contributed by atoms with E-state index in [1.807, 2.05) is 31.2 Å². The maximum atomic E-state index is 11.3. The number of amides is 1. The van der Waals surface area contributed by atoms with Gasteiger partial charge in [0.2, 0.25) is 5.91 Å². The van der Waals surface area contributed by atoms with Crippen LogP contribution in [0.2, 0.25) is 0 Å². The molecule has 23 heavy (non-hydrogen) atoms. The minimum atomic E-state index is -0.336. The van der Waals surface area contributed by atoms with E-state index in [1.54, 1.807) is 0 Å². The molecule has 1 amide bonds. The summed E-state index contributed by atoms with van der Waals surface area (Å²) < 4.78 is 0. The Morgan fingerprint density at radius 3 is 2.57 bits per heavy atom. The first-order chi connectivity index (χ1) is 11.0. The SMILES string of the molecule is CC(CC(N)=O)c1sc2ncnc(N)c2c1-c1ccc(N)cc1. The lowest BCUT2D eigenvalue weighted by Gasteiger charge is -2.11. The Kier molecular flexibility index (Phi) is 3.87. The van der Waals surface area contributed by atoms with Crippen LogP contribution < -0.4 is 17.2 Å². The topological polar surface area (TPSA) is 121 Å². The van der Waals surface area contributed by atoms with Crippen LogP contribution in [0.1, 0.15) is 24.1 Å². The molecule has 2 aromatic heterocycles. The zero-order chi connectivity index (χ0) is 16.6. The molecule has 0 spiro atoms. The Labute approximate surface area is 137 Å². The van der Waals surface area contributed by atoms with E-state index in [2.05, 4.69) is 9.97 Å². The number of carbonyl (C=O) groups excluding carboxylic acids is 1. The van der Waals surface area contributed by atoms with Gasteiger partial charge in [-0.05, 0) is 23.6 Å². The quantitative estimate of drug-likeness (QED) is 0.636. The summed E-state index contributed by atoms with van der Waals surface area (Å²) in [4.78, 5) is 21.6. The molecule has 0 aliphatic rings. The van der Waals surface area contributed by atoms with Gasteiger partial charge in [0.05, 0.1) is 5.39 Å². The summed E-state index contributed by atoms with van der Waals surface area (Å²) in [5.41, 5.74) is 19.8. The van der Waals surface area contributed by atoms with Crippen molar-refractivity contribution in [2.45, 2.75) is 19.3 Å². The molecule has 0 fully saturated rings. The van der Waals surface area contributed by atoms with Gasteiger partial charge in [-0.3, -0.25) is 4.79 Å². The van der Waals surface area contributed by atoms with Crippen LogP contribution in [0.25, 0.3) is 21.3 Å². The third-order valence-electron chi connectivity index (χ3n) is 3.70. The van der Waals surface area contributed by atoms with Crippen LogP contribution >= 0.6 is 11.3 Å². The fourth-order valence-electron chi connectivity index (χ4n) is 2.65. The van der Waals surface area contributed by atoms with E-state index in [0.29, 0.717) is 11.5 Å². The number of benzene rings is 1. The average Bonchev–Trinajstić information content (AvgIpc) is 2.88. The third-order valence-corrected chi connectivity index (χ3v) is 5.03. The average molecular weight is 327 g/mol. The molecule has 0 radical (unpaired) electrons. The molecule has 0 aliphatic heterocycles. The van der Waals surface area contributed by atoms with Crippen LogP contribution in [-0.4, -0.2) is 15.9 Å². The standard InChI is InChI=1S/C16H17N5OS/c1-8(6-11(18)22)14-12(9-2-4-10(17)5-3-9)13-15(19)20-7-21-16(13)23-14/h2-5,7-8H,6,17H2,1H3,(H2,18,22)(H2,19,20,21). The van der Waals surface area contributed by atoms with Crippen molar-refractivity contribution < 1.29 is 4.79 Å². The van der Waals surface area contributed by atoms with Gasteiger partial charge >= 0.3 is 0 Å². The number of carbonyl (C=O) groups is 1. The Morgan fingerprint density at radius 2 is 1.91 bits per heavy atom. The molecule has 0 aliphatic carbocycles. The summed E-state index contributed by atoms with van der Waals surface area (Å²) in [5, 5.41) is 0.814. The number of aromatic nitrogens is 2. The molecule has 6 N–H and O–H groups in total. The van der Waals surface area contributed by atoms with Gasteiger partial charge in [0.25, 0.3) is 0 Å². The Balaban J connectivity index is 2.27. The number of fused-ring (bicyclic) bond motifs is 1. The lowest BCUT2D eigenvalue weighted by atomic mass is 9.95. The lowest BCUT2D eigenvalue weighted by Crippen LogP contribution is -2.13. The number of hydrogen-bond acceptors (Lipinski definition) is 6. The van der Waals surface area contributed by atoms with Crippen molar-refractivity contribution in [3.05, 3.63) is 35.5 Å². The second-order valence-electron chi connectivity index (χ2n) is 5.47. The molecule has 118 valence electrons. The van der Waals surface area contributed by atoms with Crippen LogP contribution in [0.4, 0.5) is 11.5 Å². The van der Waals surface area contributed by atoms with Crippen molar-refractivity contribution in [3.8, 4) is 11.1 Å². The van der Waals surface area contributed by atoms with Crippen LogP contribution in [-0.2, 0) is 4.79 Å². The van der Waals surface area contributed by atoms with Crippen LogP contribution in [0.5, 0.6) is 0 Å². The van der Waals surface area contributed by atoms with E-state index in [0.717, 1.165) is 26.2 Å². The van der Waals surface area contributed by atoms with E-state index < -0.39 is 0 Å². The molecular weight excluding hydrogens is 310 g/mol. The molecule has 0 bridgehead atoms. The summed E-state index contributed by atoms with van der Waals surface area (Å²) in [6.45, 7) is 1.97. The molecule has 1 unspecified atom stereocenters. The molecule has 7 heteroatoms. The summed E-state index contributed by atoms with van der Waals surface area (Å²) in [6, 6.07) is 7.54. The van der Waals surface area contributed by atoms with E-state index in [-0.39, 0.29) is 18.2 Å². The second-order valence-corrected chi connectivity index (χ2v) is 6.50. The molecule has 0 saturated heterocycles. The summed E-state index contributed by atoms with van der Waals surface area (Å²) >= 11 is 1.52. The van der Waals surface area contributed by atoms with E-state index >= 15 is 0 Å². The Morgan fingerprint density at radius 1 is 1.22 bits per heavy atom. The molecule has 0 saturated carbocycles. The monoisotopic (exact) mass is 327 g/mol. The van der Waals surface area contributed by atoms with Crippen molar-refractivity contribution >= 4 is 39.0 Å². The van der Waals surface area contributed by atoms with Gasteiger partial charge in [-0.1, -0.05) is 19.1 Å². The van der Waals surface area contributed by atoms with Crippen molar-refractivity contribution in [2.75, 3.05) is 11.5 Å². The number of hydrogen-bond donors (Lipinski definition) is 3. The molecule has 3 rings (SSSR count). The maximum Gasteiger partial charge on any atom is 0.218 e. The predicted octanol–water partition coefficient (Wildman–Crippen LogP) is 2.50. The highest BCUT2D eigenvalue weighted by molar-refractivity contribution is 7.19. The van der Waals surface area contributed by atoms with Gasteiger partial charge in [0, 0.05) is 22.5 Å². The number of rotatable bonds is 4. The minimum absolute atomic E-state index is 0.0290. The number of primary amides is 1. The van der Waals surface area contributed by atoms with Gasteiger partial charge in [0.15, 0.2) is 0 Å². The zero-order valence-electron chi connectivity index (χ0n) is 12.6. The van der Waals surface area contributed by atoms with Gasteiger partial charge in [-0.25, -0.2) is 9.97 Å². The van der Waals surface area contributed by atoms with Gasteiger partial charge in [0.1, 0.15) is 17.0 Å². The predicted molar refractivity (Wildman–Crippen MR) is 93.9 cm³/mol. The molecule has 3 aromatic rings. The van der Waals surface area contributed by atoms with E-state index in [1.165, 1.54) is 17.7 Å². The first-order valence-corrected chi connectivity index (χ1v) is 7.96. The number of thiophene rings is 1. The van der Waals surface area contributed by atoms with Crippen molar-refractivity contribution in [1.29, 1.82) is 0 Å². The van der Waals surface area contributed by atoms with Gasteiger partial charge in [-0.15, -0.1) is 11.3 Å². The summed E-state index contributed by atoms with van der Waals surface area (Å²) in [5.74, 6) is 0.0616. The van der Waals surface area contributed by atoms with Crippen LogP contribution in [0, 0.1) is 0 Å². The Hall–Kier alpha value is -2.67. The highest BCUT2D eigenvalue weighted by Crippen LogP contribution is 2.44. The first kappa shape index (κ1) is 15.2. The van der Waals surface area contributed by atoms with Crippen molar-refractivity contribution in [3.63, 3.8) is 0 Å². The maximum absolute atomic E-state index is 11.3. The molecule has 1 aromatic carbocycles. The number of nitrogens with two attached hydrogens (primary N) is 3. The smallest absolute Gasteiger partial charge is 0.218 e. The van der Waals surface area contributed by atoms with Gasteiger partial charge in [-0.2, -0.15) is 0 Å².